The highest BCUT2D eigenvalue weighted by Crippen LogP contribution is 2.28. The monoisotopic (exact) mass is 274 g/mol. The zero-order valence-corrected chi connectivity index (χ0v) is 11.7. The van der Waals surface area contributed by atoms with Gasteiger partial charge in [0.25, 0.3) is 5.69 Å². The fraction of sp³-hybridized carbons (Fsp3) is 0.500. The van der Waals surface area contributed by atoms with E-state index in [1.165, 1.54) is 6.07 Å². The van der Waals surface area contributed by atoms with Gasteiger partial charge in [0, 0.05) is 24.7 Å². The molecule has 0 spiro atoms. The SMILES string of the molecule is CC1CC(Nc2ccc(C#N)cc2[N+](=O)[O-])CCN1C. The largest absolute Gasteiger partial charge is 0.377 e. The number of rotatable bonds is 3. The second kappa shape index (κ2) is 5.88. The number of likely N-dealkylation sites (tertiary alicyclic amines) is 1. The smallest absolute Gasteiger partial charge is 0.293 e. The summed E-state index contributed by atoms with van der Waals surface area (Å²) in [6.07, 6.45) is 1.91. The number of hydrogen-bond donors (Lipinski definition) is 1. The van der Waals surface area contributed by atoms with Crippen LogP contribution in [0.1, 0.15) is 25.3 Å². The van der Waals surface area contributed by atoms with Crippen molar-refractivity contribution in [2.45, 2.75) is 31.8 Å². The Balaban J connectivity index is 2.17. The highest BCUT2D eigenvalue weighted by molar-refractivity contribution is 5.64. The van der Waals surface area contributed by atoms with E-state index < -0.39 is 4.92 Å². The molecule has 1 aromatic carbocycles. The molecule has 6 nitrogen and oxygen atoms in total. The van der Waals surface area contributed by atoms with Crippen molar-refractivity contribution >= 4 is 11.4 Å². The van der Waals surface area contributed by atoms with E-state index in [0.717, 1.165) is 19.4 Å². The van der Waals surface area contributed by atoms with Crippen LogP contribution in [0.2, 0.25) is 0 Å². The molecule has 1 saturated heterocycles. The van der Waals surface area contributed by atoms with Crippen LogP contribution in [0, 0.1) is 21.4 Å². The van der Waals surface area contributed by atoms with Crippen molar-refractivity contribution in [2.24, 2.45) is 0 Å². The summed E-state index contributed by atoms with van der Waals surface area (Å²) in [5.74, 6) is 0. The Kier molecular flexibility index (Phi) is 4.20. The minimum Gasteiger partial charge on any atom is -0.377 e. The highest BCUT2D eigenvalue weighted by atomic mass is 16.6. The van der Waals surface area contributed by atoms with Gasteiger partial charge >= 0.3 is 0 Å². The second-order valence-corrected chi connectivity index (χ2v) is 5.30. The Morgan fingerprint density at radius 3 is 2.90 bits per heavy atom. The van der Waals surface area contributed by atoms with E-state index in [1.807, 2.05) is 6.07 Å². The summed E-state index contributed by atoms with van der Waals surface area (Å²) < 4.78 is 0. The van der Waals surface area contributed by atoms with Gasteiger partial charge in [-0.3, -0.25) is 10.1 Å². The molecule has 2 atom stereocenters. The molecule has 0 aliphatic carbocycles. The standard InChI is InChI=1S/C14H18N4O2/c1-10-7-12(5-6-17(10)2)16-13-4-3-11(9-15)8-14(13)18(19)20/h3-4,8,10,12,16H,5-7H2,1-2H3. The molecule has 0 saturated carbocycles. The molecule has 1 N–H and O–H groups in total. The minimum absolute atomic E-state index is 0.0318. The van der Waals surface area contributed by atoms with Gasteiger partial charge in [0.15, 0.2) is 0 Å². The van der Waals surface area contributed by atoms with Crippen LogP contribution in [-0.2, 0) is 0 Å². The van der Waals surface area contributed by atoms with E-state index in [2.05, 4.69) is 24.2 Å². The number of nitrogens with one attached hydrogen (secondary N) is 1. The zero-order valence-electron chi connectivity index (χ0n) is 11.7. The molecule has 1 aliphatic heterocycles. The van der Waals surface area contributed by atoms with Crippen molar-refractivity contribution in [3.63, 3.8) is 0 Å². The van der Waals surface area contributed by atoms with Gasteiger partial charge in [-0.2, -0.15) is 5.26 Å². The lowest BCUT2D eigenvalue weighted by Crippen LogP contribution is -2.42. The van der Waals surface area contributed by atoms with E-state index in [1.54, 1.807) is 12.1 Å². The maximum absolute atomic E-state index is 11.1. The summed E-state index contributed by atoms with van der Waals surface area (Å²) >= 11 is 0. The first-order valence-corrected chi connectivity index (χ1v) is 6.66. The van der Waals surface area contributed by atoms with Gasteiger partial charge in [-0.15, -0.1) is 0 Å². The molecule has 0 aromatic heterocycles. The molecule has 20 heavy (non-hydrogen) atoms. The van der Waals surface area contributed by atoms with Gasteiger partial charge in [0.2, 0.25) is 0 Å². The van der Waals surface area contributed by atoms with Gasteiger partial charge < -0.3 is 10.2 Å². The lowest BCUT2D eigenvalue weighted by molar-refractivity contribution is -0.384. The number of anilines is 1. The quantitative estimate of drug-likeness (QED) is 0.676. The normalized spacial score (nSPS) is 23.1. The lowest BCUT2D eigenvalue weighted by Gasteiger charge is -2.35. The Labute approximate surface area is 118 Å². The molecular weight excluding hydrogens is 256 g/mol. The predicted molar refractivity (Wildman–Crippen MR) is 76.5 cm³/mol. The van der Waals surface area contributed by atoms with E-state index in [4.69, 9.17) is 5.26 Å². The third-order valence-corrected chi connectivity index (χ3v) is 3.89. The van der Waals surface area contributed by atoms with Crippen molar-refractivity contribution in [3.8, 4) is 6.07 Å². The van der Waals surface area contributed by atoms with Crippen molar-refractivity contribution in [1.29, 1.82) is 5.26 Å². The van der Waals surface area contributed by atoms with Gasteiger partial charge in [0.1, 0.15) is 5.69 Å². The zero-order chi connectivity index (χ0) is 14.7. The number of nitriles is 1. The molecule has 0 radical (unpaired) electrons. The lowest BCUT2D eigenvalue weighted by atomic mass is 9.98. The van der Waals surface area contributed by atoms with Crippen LogP contribution in [-0.4, -0.2) is 35.5 Å². The highest BCUT2D eigenvalue weighted by Gasteiger charge is 2.24. The molecule has 1 aromatic rings. The Hall–Kier alpha value is -2.13. The average molecular weight is 274 g/mol. The van der Waals surface area contributed by atoms with Crippen molar-refractivity contribution < 1.29 is 4.92 Å². The maximum Gasteiger partial charge on any atom is 0.293 e. The van der Waals surface area contributed by atoms with E-state index in [9.17, 15) is 10.1 Å². The van der Waals surface area contributed by atoms with Crippen LogP contribution in [0.4, 0.5) is 11.4 Å². The number of nitro groups is 1. The van der Waals surface area contributed by atoms with E-state index in [0.29, 0.717) is 17.3 Å². The number of benzene rings is 1. The first kappa shape index (κ1) is 14.3. The van der Waals surface area contributed by atoms with Crippen molar-refractivity contribution in [2.75, 3.05) is 18.9 Å². The first-order chi connectivity index (χ1) is 9.51. The molecular formula is C14H18N4O2. The summed E-state index contributed by atoms with van der Waals surface area (Å²) in [6, 6.07) is 7.16. The predicted octanol–water partition coefficient (Wildman–Crippen LogP) is 2.36. The number of nitrogens with zero attached hydrogens (tertiary/aromatic N) is 3. The first-order valence-electron chi connectivity index (χ1n) is 6.66. The summed E-state index contributed by atoms with van der Waals surface area (Å²) in [5.41, 5.74) is 0.769. The van der Waals surface area contributed by atoms with Crippen molar-refractivity contribution in [1.82, 2.24) is 4.90 Å². The van der Waals surface area contributed by atoms with Gasteiger partial charge in [-0.25, -0.2) is 0 Å². The van der Waals surface area contributed by atoms with Crippen LogP contribution in [0.15, 0.2) is 18.2 Å². The number of piperidine rings is 1. The molecule has 2 unspecified atom stereocenters. The molecule has 0 bridgehead atoms. The summed E-state index contributed by atoms with van der Waals surface area (Å²) in [4.78, 5) is 12.9. The van der Waals surface area contributed by atoms with Gasteiger partial charge in [0.05, 0.1) is 16.6 Å². The summed E-state index contributed by atoms with van der Waals surface area (Å²) in [7, 11) is 2.09. The van der Waals surface area contributed by atoms with Crippen LogP contribution in [0.5, 0.6) is 0 Å². The van der Waals surface area contributed by atoms with Gasteiger partial charge in [-0.1, -0.05) is 0 Å². The number of nitro benzene ring substituents is 1. The topological polar surface area (TPSA) is 82.2 Å². The second-order valence-electron chi connectivity index (χ2n) is 5.30. The third-order valence-electron chi connectivity index (χ3n) is 3.89. The molecule has 1 aliphatic rings. The molecule has 0 amide bonds. The molecule has 2 rings (SSSR count). The molecule has 1 heterocycles. The Morgan fingerprint density at radius 1 is 1.55 bits per heavy atom. The Bertz CT molecular complexity index is 553. The van der Waals surface area contributed by atoms with Gasteiger partial charge in [-0.05, 0) is 38.9 Å². The number of hydrogen-bond acceptors (Lipinski definition) is 5. The van der Waals surface area contributed by atoms with Crippen LogP contribution in [0.25, 0.3) is 0 Å². The average Bonchev–Trinajstić information content (AvgIpc) is 2.43. The molecule has 1 fully saturated rings. The third kappa shape index (κ3) is 3.06. The molecule has 106 valence electrons. The fourth-order valence-electron chi connectivity index (χ4n) is 2.51. The molecule has 6 heteroatoms. The minimum atomic E-state index is -0.443. The van der Waals surface area contributed by atoms with Crippen LogP contribution < -0.4 is 5.32 Å². The summed E-state index contributed by atoms with van der Waals surface area (Å²) in [5, 5.41) is 23.2. The maximum atomic E-state index is 11.1. The fourth-order valence-corrected chi connectivity index (χ4v) is 2.51. The van der Waals surface area contributed by atoms with E-state index >= 15 is 0 Å². The summed E-state index contributed by atoms with van der Waals surface area (Å²) in [6.45, 7) is 3.13. The van der Waals surface area contributed by atoms with Crippen LogP contribution in [0.3, 0.4) is 0 Å². The Morgan fingerprint density at radius 2 is 2.30 bits per heavy atom. The van der Waals surface area contributed by atoms with E-state index in [-0.39, 0.29) is 11.7 Å². The van der Waals surface area contributed by atoms with Crippen molar-refractivity contribution in [3.05, 3.63) is 33.9 Å². The van der Waals surface area contributed by atoms with Crippen LogP contribution >= 0.6 is 0 Å².